The van der Waals surface area contributed by atoms with Gasteiger partial charge in [-0.15, -0.1) is 0 Å². The lowest BCUT2D eigenvalue weighted by molar-refractivity contribution is 0.525. The highest BCUT2D eigenvalue weighted by molar-refractivity contribution is 9.10. The predicted octanol–water partition coefficient (Wildman–Crippen LogP) is 4.73. The Morgan fingerprint density at radius 1 is 1.42 bits per heavy atom. The topological polar surface area (TPSA) is 25.2 Å². The summed E-state index contributed by atoms with van der Waals surface area (Å²) in [6.07, 6.45) is 2.27. The van der Waals surface area contributed by atoms with E-state index in [0.717, 1.165) is 22.1 Å². The van der Waals surface area contributed by atoms with Crippen LogP contribution >= 0.6 is 27.5 Å². The molecular formula is C14H14BrClFNO. The molecule has 0 aliphatic rings. The Labute approximate surface area is 125 Å². The fourth-order valence-electron chi connectivity index (χ4n) is 2.00. The van der Waals surface area contributed by atoms with E-state index in [1.807, 2.05) is 13.0 Å². The Kier molecular flexibility index (Phi) is 5.02. The molecule has 0 spiro atoms. The molecule has 0 bridgehead atoms. The molecule has 0 radical (unpaired) electrons. The zero-order chi connectivity index (χ0) is 13.8. The lowest BCUT2D eigenvalue weighted by Crippen LogP contribution is -2.23. The minimum atomic E-state index is -0.253. The first-order valence-corrected chi connectivity index (χ1v) is 7.19. The maximum atomic E-state index is 13.1. The van der Waals surface area contributed by atoms with Gasteiger partial charge in [0.05, 0.1) is 6.26 Å². The number of likely N-dealkylation sites (N-methyl/N-ethyl adjacent to an activating group) is 1. The van der Waals surface area contributed by atoms with E-state index in [1.54, 1.807) is 12.3 Å². The van der Waals surface area contributed by atoms with E-state index in [-0.39, 0.29) is 11.9 Å². The third-order valence-corrected chi connectivity index (χ3v) is 3.96. The minimum Gasteiger partial charge on any atom is -0.453 e. The van der Waals surface area contributed by atoms with E-state index in [9.17, 15) is 4.39 Å². The molecule has 0 amide bonds. The van der Waals surface area contributed by atoms with Crippen LogP contribution in [0.5, 0.6) is 0 Å². The van der Waals surface area contributed by atoms with Gasteiger partial charge in [0, 0.05) is 16.1 Å². The molecule has 0 aliphatic carbocycles. The fourth-order valence-corrected chi connectivity index (χ4v) is 2.76. The third kappa shape index (κ3) is 3.59. The van der Waals surface area contributed by atoms with Crippen LogP contribution in [-0.2, 0) is 6.42 Å². The van der Waals surface area contributed by atoms with Gasteiger partial charge in [0.2, 0.25) is 0 Å². The van der Waals surface area contributed by atoms with Crippen molar-refractivity contribution in [1.82, 2.24) is 5.32 Å². The van der Waals surface area contributed by atoms with Crippen molar-refractivity contribution in [3.8, 4) is 0 Å². The van der Waals surface area contributed by atoms with Crippen molar-refractivity contribution in [1.29, 1.82) is 0 Å². The molecule has 102 valence electrons. The molecular weight excluding hydrogens is 333 g/mol. The van der Waals surface area contributed by atoms with Crippen LogP contribution in [0.25, 0.3) is 0 Å². The van der Waals surface area contributed by atoms with Crippen LogP contribution in [0.2, 0.25) is 5.22 Å². The first kappa shape index (κ1) is 14.6. The van der Waals surface area contributed by atoms with Gasteiger partial charge in [-0.25, -0.2) is 4.39 Å². The number of halogens is 3. The molecule has 2 aromatic rings. The predicted molar refractivity (Wildman–Crippen MR) is 77.9 cm³/mol. The molecule has 1 aromatic heterocycles. The summed E-state index contributed by atoms with van der Waals surface area (Å²) >= 11 is 9.41. The standard InChI is InChI=1S/C14H14BrClFNO/c1-2-18-13(11-5-6-19-14(11)16)7-9-3-4-10(17)8-12(9)15/h3-6,8,13,18H,2,7H2,1H3. The summed E-state index contributed by atoms with van der Waals surface area (Å²) in [7, 11) is 0. The molecule has 1 atom stereocenters. The largest absolute Gasteiger partial charge is 0.453 e. The number of hydrogen-bond donors (Lipinski definition) is 1. The normalized spacial score (nSPS) is 12.6. The summed E-state index contributed by atoms with van der Waals surface area (Å²) in [5, 5.41) is 3.75. The maximum Gasteiger partial charge on any atom is 0.197 e. The molecule has 1 heterocycles. The van der Waals surface area contributed by atoms with Gasteiger partial charge >= 0.3 is 0 Å². The zero-order valence-corrected chi connectivity index (χ0v) is 12.8. The quantitative estimate of drug-likeness (QED) is 0.847. The molecule has 0 saturated carbocycles. The maximum absolute atomic E-state index is 13.1. The number of furan rings is 1. The molecule has 0 saturated heterocycles. The third-order valence-electron chi connectivity index (χ3n) is 2.91. The fraction of sp³-hybridized carbons (Fsp3) is 0.286. The molecule has 0 fully saturated rings. The van der Waals surface area contributed by atoms with Crippen LogP contribution in [0.15, 0.2) is 39.4 Å². The molecule has 2 nitrogen and oxygen atoms in total. The van der Waals surface area contributed by atoms with Crippen molar-refractivity contribution in [2.24, 2.45) is 0 Å². The van der Waals surface area contributed by atoms with E-state index in [2.05, 4.69) is 21.2 Å². The van der Waals surface area contributed by atoms with E-state index in [0.29, 0.717) is 11.6 Å². The van der Waals surface area contributed by atoms with Crippen LogP contribution in [0.1, 0.15) is 24.1 Å². The summed E-state index contributed by atoms with van der Waals surface area (Å²) in [6.45, 7) is 2.84. The van der Waals surface area contributed by atoms with Gasteiger partial charge in [-0.2, -0.15) is 0 Å². The second-order valence-corrected chi connectivity index (χ2v) is 5.40. The van der Waals surface area contributed by atoms with Gasteiger partial charge in [0.25, 0.3) is 0 Å². The Hall–Kier alpha value is -0.840. The molecule has 1 aromatic carbocycles. The van der Waals surface area contributed by atoms with Crippen molar-refractivity contribution >= 4 is 27.5 Å². The Morgan fingerprint density at radius 3 is 2.79 bits per heavy atom. The van der Waals surface area contributed by atoms with Crippen molar-refractivity contribution in [2.45, 2.75) is 19.4 Å². The molecule has 1 unspecified atom stereocenters. The highest BCUT2D eigenvalue weighted by atomic mass is 79.9. The van der Waals surface area contributed by atoms with Gasteiger partial charge in [0.1, 0.15) is 5.82 Å². The summed E-state index contributed by atoms with van der Waals surface area (Å²) in [5.41, 5.74) is 1.93. The monoisotopic (exact) mass is 345 g/mol. The average molecular weight is 347 g/mol. The zero-order valence-electron chi connectivity index (χ0n) is 10.4. The number of nitrogens with one attached hydrogen (secondary N) is 1. The SMILES string of the molecule is CCNC(Cc1ccc(F)cc1Br)c1ccoc1Cl. The van der Waals surface area contributed by atoms with Crippen LogP contribution < -0.4 is 5.32 Å². The lowest BCUT2D eigenvalue weighted by atomic mass is 10.0. The molecule has 19 heavy (non-hydrogen) atoms. The van der Waals surface area contributed by atoms with Crippen molar-refractivity contribution in [3.63, 3.8) is 0 Å². The second-order valence-electron chi connectivity index (χ2n) is 4.20. The van der Waals surface area contributed by atoms with Gasteiger partial charge < -0.3 is 9.73 Å². The molecule has 1 N–H and O–H groups in total. The molecule has 2 rings (SSSR count). The average Bonchev–Trinajstić information content (AvgIpc) is 2.78. The summed E-state index contributed by atoms with van der Waals surface area (Å²) in [4.78, 5) is 0. The first-order chi connectivity index (χ1) is 9.11. The second kappa shape index (κ2) is 6.55. The Morgan fingerprint density at radius 2 is 2.21 bits per heavy atom. The molecule has 0 aliphatic heterocycles. The first-order valence-electron chi connectivity index (χ1n) is 6.02. The van der Waals surface area contributed by atoms with E-state index in [1.165, 1.54) is 12.1 Å². The van der Waals surface area contributed by atoms with Crippen molar-refractivity contribution in [2.75, 3.05) is 6.54 Å². The Bertz CT molecular complexity index is 558. The van der Waals surface area contributed by atoms with Crippen LogP contribution in [0, 0.1) is 5.82 Å². The minimum absolute atomic E-state index is 0.0398. The summed E-state index contributed by atoms with van der Waals surface area (Å²) < 4.78 is 19.0. The van der Waals surface area contributed by atoms with Gasteiger partial charge in [-0.05, 0) is 48.3 Å². The Balaban J connectivity index is 2.24. The number of benzene rings is 1. The van der Waals surface area contributed by atoms with Crippen LogP contribution in [0.4, 0.5) is 4.39 Å². The highest BCUT2D eigenvalue weighted by Gasteiger charge is 2.17. The van der Waals surface area contributed by atoms with Gasteiger partial charge in [-0.3, -0.25) is 0 Å². The van der Waals surface area contributed by atoms with E-state index >= 15 is 0 Å². The van der Waals surface area contributed by atoms with Crippen molar-refractivity contribution in [3.05, 3.63) is 57.2 Å². The van der Waals surface area contributed by atoms with Gasteiger partial charge in [0.15, 0.2) is 5.22 Å². The van der Waals surface area contributed by atoms with Crippen LogP contribution in [-0.4, -0.2) is 6.54 Å². The smallest absolute Gasteiger partial charge is 0.197 e. The molecule has 5 heteroatoms. The van der Waals surface area contributed by atoms with Gasteiger partial charge in [-0.1, -0.05) is 28.9 Å². The van der Waals surface area contributed by atoms with Crippen LogP contribution in [0.3, 0.4) is 0 Å². The summed E-state index contributed by atoms with van der Waals surface area (Å²) in [5.74, 6) is -0.253. The number of rotatable bonds is 5. The summed E-state index contributed by atoms with van der Waals surface area (Å²) in [6, 6.07) is 6.60. The van der Waals surface area contributed by atoms with E-state index in [4.69, 9.17) is 16.0 Å². The number of hydrogen-bond acceptors (Lipinski definition) is 2. The van der Waals surface area contributed by atoms with E-state index < -0.39 is 0 Å². The highest BCUT2D eigenvalue weighted by Crippen LogP contribution is 2.29. The lowest BCUT2D eigenvalue weighted by Gasteiger charge is -2.17. The van der Waals surface area contributed by atoms with Crippen molar-refractivity contribution < 1.29 is 8.81 Å².